The Balaban J connectivity index is 1.68. The Morgan fingerprint density at radius 1 is 1.20 bits per heavy atom. The number of allylic oxidation sites excluding steroid dienone is 1. The number of hydrogen-bond donors (Lipinski definition) is 2. The van der Waals surface area contributed by atoms with Gasteiger partial charge in [0.25, 0.3) is 0 Å². The number of rotatable bonds is 4. The Morgan fingerprint density at radius 3 is 2.90 bits per heavy atom. The Hall–Kier alpha value is -3.77. The fourth-order valence-electron chi connectivity index (χ4n) is 3.60. The Bertz CT molecular complexity index is 1460. The molecule has 0 fully saturated rings. The highest BCUT2D eigenvalue weighted by molar-refractivity contribution is 7.08. The van der Waals surface area contributed by atoms with E-state index in [1.807, 2.05) is 19.1 Å². The lowest BCUT2D eigenvalue weighted by molar-refractivity contribution is 1.06. The number of aromatic nitrogens is 5. The molecule has 5 aromatic rings. The standard InChI is InChI=1S/C24H19N5S/c1-3-20-19(11-15(2)23-13-25-8-9-26-23)24(29-28-20)22-12-18-17(16-7-10-30-14-16)5-4-6-21(18)27-22/h3-14,27-28H,2H2,1H3/b19-11+,20-3+. The van der Waals surface area contributed by atoms with Gasteiger partial charge in [-0.25, -0.2) is 0 Å². The Morgan fingerprint density at radius 2 is 2.13 bits per heavy atom. The van der Waals surface area contributed by atoms with Crippen molar-refractivity contribution in [3.05, 3.63) is 82.5 Å². The van der Waals surface area contributed by atoms with E-state index in [-0.39, 0.29) is 0 Å². The van der Waals surface area contributed by atoms with Crippen LogP contribution in [0.3, 0.4) is 0 Å². The summed E-state index contributed by atoms with van der Waals surface area (Å²) in [5.74, 6) is 0. The zero-order valence-electron chi connectivity index (χ0n) is 16.4. The summed E-state index contributed by atoms with van der Waals surface area (Å²) in [6.45, 7) is 6.16. The van der Waals surface area contributed by atoms with E-state index in [0.717, 1.165) is 38.7 Å². The molecule has 0 saturated carbocycles. The molecule has 0 radical (unpaired) electrons. The zero-order valence-corrected chi connectivity index (χ0v) is 17.2. The number of nitrogens with one attached hydrogen (secondary N) is 2. The van der Waals surface area contributed by atoms with Crippen LogP contribution in [0.2, 0.25) is 0 Å². The van der Waals surface area contributed by atoms with Gasteiger partial charge in [0.1, 0.15) is 5.69 Å². The van der Waals surface area contributed by atoms with Gasteiger partial charge in [-0.2, -0.15) is 16.4 Å². The van der Waals surface area contributed by atoms with Crippen LogP contribution in [-0.2, 0) is 0 Å². The van der Waals surface area contributed by atoms with Crippen molar-refractivity contribution in [2.75, 3.05) is 0 Å². The summed E-state index contributed by atoms with van der Waals surface area (Å²) in [7, 11) is 0. The Labute approximate surface area is 177 Å². The quantitative estimate of drug-likeness (QED) is 0.463. The molecule has 2 N–H and O–H groups in total. The largest absolute Gasteiger partial charge is 0.353 e. The third-order valence-electron chi connectivity index (χ3n) is 5.08. The predicted molar refractivity (Wildman–Crippen MR) is 124 cm³/mol. The van der Waals surface area contributed by atoms with E-state index < -0.39 is 0 Å². The van der Waals surface area contributed by atoms with E-state index in [1.165, 1.54) is 16.5 Å². The molecule has 5 nitrogen and oxygen atoms in total. The van der Waals surface area contributed by atoms with E-state index in [9.17, 15) is 0 Å². The molecule has 0 aliphatic heterocycles. The molecule has 0 bridgehead atoms. The SMILES string of the molecule is C=C(/C=c1/c(-c2cc3c(-c4ccsc4)cccc3[nH]2)n[nH]/c1=C/C)c1cnccn1. The third-order valence-corrected chi connectivity index (χ3v) is 5.77. The van der Waals surface area contributed by atoms with Gasteiger partial charge in [-0.15, -0.1) is 0 Å². The van der Waals surface area contributed by atoms with Crippen LogP contribution in [0, 0.1) is 0 Å². The van der Waals surface area contributed by atoms with E-state index in [1.54, 1.807) is 29.9 Å². The number of fused-ring (bicyclic) bond motifs is 1. The van der Waals surface area contributed by atoms with Gasteiger partial charge in [-0.1, -0.05) is 24.8 Å². The highest BCUT2D eigenvalue weighted by Gasteiger charge is 2.12. The molecule has 30 heavy (non-hydrogen) atoms. The molecule has 4 aromatic heterocycles. The summed E-state index contributed by atoms with van der Waals surface area (Å²) >= 11 is 1.70. The molecule has 0 unspecified atom stereocenters. The molecule has 0 saturated heterocycles. The molecule has 4 heterocycles. The predicted octanol–water partition coefficient (Wildman–Crippen LogP) is 4.37. The van der Waals surface area contributed by atoms with Gasteiger partial charge in [0.05, 0.1) is 22.9 Å². The summed E-state index contributed by atoms with van der Waals surface area (Å²) < 4.78 is 0. The van der Waals surface area contributed by atoms with Crippen molar-refractivity contribution >= 4 is 40.0 Å². The van der Waals surface area contributed by atoms with Crippen LogP contribution in [0.4, 0.5) is 0 Å². The molecular formula is C24H19N5S. The van der Waals surface area contributed by atoms with Crippen molar-refractivity contribution in [2.24, 2.45) is 0 Å². The summed E-state index contributed by atoms with van der Waals surface area (Å²) in [6.07, 6.45) is 9.04. The van der Waals surface area contributed by atoms with Gasteiger partial charge in [-0.05, 0) is 58.7 Å². The first kappa shape index (κ1) is 18.3. The average molecular weight is 410 g/mol. The summed E-state index contributed by atoms with van der Waals surface area (Å²) in [5.41, 5.74) is 6.84. The number of nitrogens with zero attached hydrogens (tertiary/aromatic N) is 3. The van der Waals surface area contributed by atoms with Crippen molar-refractivity contribution < 1.29 is 0 Å². The van der Waals surface area contributed by atoms with Gasteiger partial charge in [0, 0.05) is 28.5 Å². The number of aromatic amines is 2. The molecule has 1 aromatic carbocycles. The lowest BCUT2D eigenvalue weighted by atomic mass is 10.0. The van der Waals surface area contributed by atoms with E-state index in [4.69, 9.17) is 0 Å². The second kappa shape index (κ2) is 7.57. The average Bonchev–Trinajstić information content (AvgIpc) is 3.53. The first-order valence-corrected chi connectivity index (χ1v) is 10.5. The molecule has 0 aliphatic carbocycles. The van der Waals surface area contributed by atoms with Crippen LogP contribution in [0.25, 0.3) is 51.1 Å². The van der Waals surface area contributed by atoms with E-state index in [0.29, 0.717) is 0 Å². The second-order valence-corrected chi connectivity index (χ2v) is 7.69. The van der Waals surface area contributed by atoms with Crippen LogP contribution >= 0.6 is 11.3 Å². The summed E-state index contributed by atoms with van der Waals surface area (Å²) in [6, 6.07) is 10.6. The first-order valence-electron chi connectivity index (χ1n) is 9.57. The van der Waals surface area contributed by atoms with E-state index in [2.05, 4.69) is 72.8 Å². The van der Waals surface area contributed by atoms with Crippen molar-refractivity contribution in [2.45, 2.75) is 6.92 Å². The minimum atomic E-state index is 0.739. The number of thiophene rings is 1. The molecular weight excluding hydrogens is 390 g/mol. The highest BCUT2D eigenvalue weighted by atomic mass is 32.1. The smallest absolute Gasteiger partial charge is 0.116 e. The van der Waals surface area contributed by atoms with Crippen molar-refractivity contribution in [1.29, 1.82) is 0 Å². The van der Waals surface area contributed by atoms with E-state index >= 15 is 0 Å². The van der Waals surface area contributed by atoms with Crippen molar-refractivity contribution in [3.8, 4) is 22.5 Å². The zero-order chi connectivity index (χ0) is 20.5. The molecule has 0 aliphatic rings. The fraction of sp³-hybridized carbons (Fsp3) is 0.0417. The lowest BCUT2D eigenvalue weighted by Crippen LogP contribution is -2.23. The van der Waals surface area contributed by atoms with Crippen LogP contribution < -0.4 is 10.6 Å². The molecule has 5 rings (SSSR count). The maximum Gasteiger partial charge on any atom is 0.116 e. The van der Waals surface area contributed by atoms with Crippen molar-refractivity contribution in [1.82, 2.24) is 25.1 Å². The molecule has 0 amide bonds. The minimum Gasteiger partial charge on any atom is -0.353 e. The summed E-state index contributed by atoms with van der Waals surface area (Å²) in [5, 5.41) is 15.1. The summed E-state index contributed by atoms with van der Waals surface area (Å²) in [4.78, 5) is 12.0. The van der Waals surface area contributed by atoms with Crippen LogP contribution in [0.1, 0.15) is 12.6 Å². The Kier molecular flexibility index (Phi) is 4.61. The topological polar surface area (TPSA) is 70.2 Å². The van der Waals surface area contributed by atoms with Crippen LogP contribution in [-0.4, -0.2) is 25.1 Å². The second-order valence-electron chi connectivity index (χ2n) is 6.91. The number of benzene rings is 1. The first-order chi connectivity index (χ1) is 14.7. The van der Waals surface area contributed by atoms with Gasteiger partial charge in [0.2, 0.25) is 0 Å². The van der Waals surface area contributed by atoms with Gasteiger partial charge in [0.15, 0.2) is 0 Å². The molecule has 0 atom stereocenters. The minimum absolute atomic E-state index is 0.739. The van der Waals surface area contributed by atoms with Crippen molar-refractivity contribution in [3.63, 3.8) is 0 Å². The maximum atomic E-state index is 4.60. The third kappa shape index (κ3) is 3.17. The monoisotopic (exact) mass is 409 g/mol. The fourth-order valence-corrected chi connectivity index (χ4v) is 4.26. The lowest BCUT2D eigenvalue weighted by Gasteiger charge is -1.99. The normalized spacial score (nSPS) is 12.7. The maximum absolute atomic E-state index is 4.60. The molecule has 0 spiro atoms. The number of H-pyrrole nitrogens is 2. The van der Waals surface area contributed by atoms with Gasteiger partial charge < -0.3 is 4.98 Å². The molecule has 146 valence electrons. The van der Waals surface area contributed by atoms with Crippen LogP contribution in [0.15, 0.2) is 66.3 Å². The van der Waals surface area contributed by atoms with Gasteiger partial charge >= 0.3 is 0 Å². The molecule has 6 heteroatoms. The number of hydrogen-bond acceptors (Lipinski definition) is 4. The van der Waals surface area contributed by atoms with Gasteiger partial charge in [-0.3, -0.25) is 15.1 Å². The van der Waals surface area contributed by atoms with Crippen LogP contribution in [0.5, 0.6) is 0 Å². The highest BCUT2D eigenvalue weighted by Crippen LogP contribution is 2.32.